The van der Waals surface area contributed by atoms with Gasteiger partial charge in [0.2, 0.25) is 5.95 Å². The third kappa shape index (κ3) is 4.37. The molecule has 33 heavy (non-hydrogen) atoms. The lowest BCUT2D eigenvalue weighted by Crippen LogP contribution is -2.40. The molecule has 0 saturated heterocycles. The first-order valence-corrected chi connectivity index (χ1v) is 12.4. The van der Waals surface area contributed by atoms with Crippen molar-refractivity contribution in [3.63, 3.8) is 0 Å². The summed E-state index contributed by atoms with van der Waals surface area (Å²) < 4.78 is 4.98. The van der Waals surface area contributed by atoms with E-state index in [2.05, 4.69) is 50.8 Å². The zero-order chi connectivity index (χ0) is 23.7. The number of rotatable bonds is 8. The SMILES string of the molecule is CCCCCCCCn1c(=O)c2c(nc3n2C[C@H](C)CN3c2ccc(C)c(C)c2)n(C)c1=O. The number of aryl methyl sites for hydroxylation is 3. The van der Waals surface area contributed by atoms with E-state index in [1.807, 2.05) is 4.57 Å². The van der Waals surface area contributed by atoms with Gasteiger partial charge in [-0.05, 0) is 49.4 Å². The predicted octanol–water partition coefficient (Wildman–Crippen LogP) is 4.66. The molecule has 1 atom stereocenters. The molecule has 1 aliphatic rings. The standard InChI is InChI=1S/C26H37N5O2/c1-6-7-8-9-10-11-14-29-24(32)22-23(28(5)26(29)33)27-25-30(16-18(2)17-31(22)25)21-13-12-19(3)20(4)15-21/h12-13,15,18H,6-11,14,16-17H2,1-5H3/t18-/m1/s1. The molecule has 0 amide bonds. The molecule has 0 spiro atoms. The number of aromatic nitrogens is 4. The van der Waals surface area contributed by atoms with E-state index in [1.165, 1.54) is 35.0 Å². The van der Waals surface area contributed by atoms with Gasteiger partial charge in [-0.25, -0.2) is 4.79 Å². The summed E-state index contributed by atoms with van der Waals surface area (Å²) in [5.41, 5.74) is 4.07. The maximum Gasteiger partial charge on any atom is 0.332 e. The number of hydrogen-bond donors (Lipinski definition) is 0. The van der Waals surface area contributed by atoms with Crippen LogP contribution in [-0.4, -0.2) is 25.2 Å². The lowest BCUT2D eigenvalue weighted by Gasteiger charge is -2.33. The Morgan fingerprint density at radius 1 is 1.00 bits per heavy atom. The smallest absolute Gasteiger partial charge is 0.312 e. The van der Waals surface area contributed by atoms with E-state index in [-0.39, 0.29) is 11.2 Å². The van der Waals surface area contributed by atoms with Gasteiger partial charge in [0.05, 0.1) is 0 Å². The highest BCUT2D eigenvalue weighted by Crippen LogP contribution is 2.33. The summed E-state index contributed by atoms with van der Waals surface area (Å²) >= 11 is 0. The van der Waals surface area contributed by atoms with Gasteiger partial charge in [-0.2, -0.15) is 4.98 Å². The van der Waals surface area contributed by atoms with E-state index >= 15 is 0 Å². The van der Waals surface area contributed by atoms with Crippen molar-refractivity contribution in [1.29, 1.82) is 0 Å². The molecular formula is C26H37N5O2. The zero-order valence-corrected chi connectivity index (χ0v) is 20.7. The fourth-order valence-corrected chi connectivity index (χ4v) is 4.86. The molecule has 2 aromatic heterocycles. The fourth-order valence-electron chi connectivity index (χ4n) is 4.86. The molecule has 3 aromatic rings. The van der Waals surface area contributed by atoms with E-state index in [9.17, 15) is 9.59 Å². The van der Waals surface area contributed by atoms with Crippen LogP contribution in [0.5, 0.6) is 0 Å². The summed E-state index contributed by atoms with van der Waals surface area (Å²) in [5.74, 6) is 1.09. The van der Waals surface area contributed by atoms with Crippen LogP contribution in [0.25, 0.3) is 11.2 Å². The quantitative estimate of drug-likeness (QED) is 0.467. The summed E-state index contributed by atoms with van der Waals surface area (Å²) in [6.45, 7) is 10.6. The highest BCUT2D eigenvalue weighted by atomic mass is 16.2. The van der Waals surface area contributed by atoms with Crippen LogP contribution in [0, 0.1) is 19.8 Å². The average molecular weight is 452 g/mol. The predicted molar refractivity (Wildman–Crippen MR) is 135 cm³/mol. The Balaban J connectivity index is 1.75. The van der Waals surface area contributed by atoms with E-state index in [0.29, 0.717) is 23.6 Å². The number of nitrogens with zero attached hydrogens (tertiary/aromatic N) is 5. The van der Waals surface area contributed by atoms with Crippen molar-refractivity contribution in [3.8, 4) is 0 Å². The highest BCUT2D eigenvalue weighted by molar-refractivity contribution is 5.77. The van der Waals surface area contributed by atoms with Crippen molar-refractivity contribution in [2.24, 2.45) is 13.0 Å². The van der Waals surface area contributed by atoms with E-state index in [1.54, 1.807) is 11.6 Å². The number of hydrogen-bond acceptors (Lipinski definition) is 4. The Hall–Kier alpha value is -2.83. The molecule has 0 N–H and O–H groups in total. The van der Waals surface area contributed by atoms with Crippen molar-refractivity contribution in [3.05, 3.63) is 50.2 Å². The van der Waals surface area contributed by atoms with Gasteiger partial charge in [0, 0.05) is 32.4 Å². The summed E-state index contributed by atoms with van der Waals surface area (Å²) in [4.78, 5) is 33.6. The first-order chi connectivity index (χ1) is 15.8. The van der Waals surface area contributed by atoms with Crippen LogP contribution < -0.4 is 16.1 Å². The zero-order valence-electron chi connectivity index (χ0n) is 20.7. The molecule has 0 radical (unpaired) electrons. The number of benzene rings is 1. The normalized spacial score (nSPS) is 15.9. The second-order valence-corrected chi connectivity index (χ2v) is 9.75. The number of anilines is 2. The third-order valence-corrected chi connectivity index (χ3v) is 6.98. The van der Waals surface area contributed by atoms with Crippen LogP contribution in [0.2, 0.25) is 0 Å². The molecule has 0 bridgehead atoms. The molecule has 0 aliphatic carbocycles. The summed E-state index contributed by atoms with van der Waals surface area (Å²) in [5, 5.41) is 0. The van der Waals surface area contributed by atoms with Crippen LogP contribution in [0.3, 0.4) is 0 Å². The average Bonchev–Trinajstić information content (AvgIpc) is 3.17. The molecule has 0 fully saturated rings. The summed E-state index contributed by atoms with van der Waals surface area (Å²) in [6, 6.07) is 6.41. The molecule has 4 rings (SSSR count). The Bertz CT molecular complexity index is 1270. The molecule has 1 aromatic carbocycles. The maximum absolute atomic E-state index is 13.5. The Morgan fingerprint density at radius 2 is 1.73 bits per heavy atom. The number of imidazole rings is 1. The topological polar surface area (TPSA) is 65.1 Å². The van der Waals surface area contributed by atoms with Crippen molar-refractivity contribution >= 4 is 22.8 Å². The Kier molecular flexibility index (Phi) is 6.77. The van der Waals surface area contributed by atoms with Crippen LogP contribution in [0.1, 0.15) is 63.5 Å². The Morgan fingerprint density at radius 3 is 2.45 bits per heavy atom. The summed E-state index contributed by atoms with van der Waals surface area (Å²) in [7, 11) is 1.73. The van der Waals surface area contributed by atoms with E-state index < -0.39 is 0 Å². The van der Waals surface area contributed by atoms with Gasteiger partial charge in [-0.15, -0.1) is 0 Å². The maximum atomic E-state index is 13.5. The van der Waals surface area contributed by atoms with E-state index in [0.717, 1.165) is 44.0 Å². The third-order valence-electron chi connectivity index (χ3n) is 6.98. The second-order valence-electron chi connectivity index (χ2n) is 9.75. The second kappa shape index (κ2) is 9.57. The monoisotopic (exact) mass is 451 g/mol. The molecule has 3 heterocycles. The molecule has 178 valence electrons. The molecular weight excluding hydrogens is 414 g/mol. The number of unbranched alkanes of at least 4 members (excludes halogenated alkanes) is 5. The van der Waals surface area contributed by atoms with Gasteiger partial charge < -0.3 is 9.47 Å². The minimum atomic E-state index is -0.276. The van der Waals surface area contributed by atoms with Gasteiger partial charge in [-0.3, -0.25) is 13.9 Å². The number of fused-ring (bicyclic) bond motifs is 3. The van der Waals surface area contributed by atoms with Crippen LogP contribution in [0.4, 0.5) is 11.6 Å². The van der Waals surface area contributed by atoms with Crippen molar-refractivity contribution in [1.82, 2.24) is 18.7 Å². The minimum Gasteiger partial charge on any atom is -0.312 e. The van der Waals surface area contributed by atoms with Crippen molar-refractivity contribution in [2.75, 3.05) is 11.4 Å². The van der Waals surface area contributed by atoms with Crippen molar-refractivity contribution < 1.29 is 0 Å². The first kappa shape index (κ1) is 23.3. The van der Waals surface area contributed by atoms with Gasteiger partial charge in [-0.1, -0.05) is 52.0 Å². The first-order valence-electron chi connectivity index (χ1n) is 12.4. The van der Waals surface area contributed by atoms with E-state index in [4.69, 9.17) is 4.98 Å². The van der Waals surface area contributed by atoms with Crippen LogP contribution in [0.15, 0.2) is 27.8 Å². The lowest BCUT2D eigenvalue weighted by atomic mass is 10.1. The van der Waals surface area contributed by atoms with Gasteiger partial charge >= 0.3 is 5.69 Å². The van der Waals surface area contributed by atoms with Gasteiger partial charge in [0.15, 0.2) is 11.2 Å². The van der Waals surface area contributed by atoms with Gasteiger partial charge in [0.25, 0.3) is 5.56 Å². The fraction of sp³-hybridized carbons (Fsp3) is 0.577. The molecule has 7 heteroatoms. The highest BCUT2D eigenvalue weighted by Gasteiger charge is 2.29. The lowest BCUT2D eigenvalue weighted by molar-refractivity contribution is 0.457. The Labute approximate surface area is 195 Å². The van der Waals surface area contributed by atoms with Crippen LogP contribution >= 0.6 is 0 Å². The molecule has 0 saturated carbocycles. The molecule has 0 unspecified atom stereocenters. The van der Waals surface area contributed by atoms with Gasteiger partial charge in [0.1, 0.15) is 0 Å². The molecule has 7 nitrogen and oxygen atoms in total. The minimum absolute atomic E-state index is 0.213. The van der Waals surface area contributed by atoms with Crippen LogP contribution in [-0.2, 0) is 20.1 Å². The molecule has 1 aliphatic heterocycles. The van der Waals surface area contributed by atoms with Crippen molar-refractivity contribution in [2.45, 2.75) is 79.3 Å². The largest absolute Gasteiger partial charge is 0.332 e. The summed E-state index contributed by atoms with van der Waals surface area (Å²) in [6.07, 6.45) is 6.69.